The Kier molecular flexibility index (Phi) is 6.92. The van der Waals surface area contributed by atoms with Gasteiger partial charge in [-0.25, -0.2) is 0 Å². The first kappa shape index (κ1) is 14.3. The summed E-state index contributed by atoms with van der Waals surface area (Å²) in [6.07, 6.45) is 2.35. The van der Waals surface area contributed by atoms with Crippen LogP contribution < -0.4 is 0 Å². The van der Waals surface area contributed by atoms with E-state index in [1.54, 1.807) is 0 Å². The normalized spacial score (nSPS) is 13.8. The molecule has 0 aliphatic carbocycles. The zero-order valence-corrected chi connectivity index (χ0v) is 10.6. The second-order valence-electron chi connectivity index (χ2n) is 3.16. The van der Waals surface area contributed by atoms with Crippen molar-refractivity contribution in [3.63, 3.8) is 0 Å². The van der Waals surface area contributed by atoms with Crippen molar-refractivity contribution in [3.8, 4) is 0 Å². The van der Waals surface area contributed by atoms with E-state index in [9.17, 15) is 4.79 Å². The van der Waals surface area contributed by atoms with Crippen LogP contribution in [0.3, 0.4) is 0 Å². The SMILES string of the molecule is CCCC(CCOC(C)=O)C(Cl)(Cl)Cl. The highest BCUT2D eigenvalue weighted by Gasteiger charge is 2.31. The molecule has 1 atom stereocenters. The molecule has 0 N–H and O–H groups in total. The smallest absolute Gasteiger partial charge is 0.302 e. The van der Waals surface area contributed by atoms with Gasteiger partial charge in [0.05, 0.1) is 6.61 Å². The molecular formula is C9H15Cl3O2. The summed E-state index contributed by atoms with van der Waals surface area (Å²) >= 11 is 17.4. The van der Waals surface area contributed by atoms with E-state index in [4.69, 9.17) is 39.5 Å². The van der Waals surface area contributed by atoms with Gasteiger partial charge in [0.15, 0.2) is 3.79 Å². The Balaban J connectivity index is 3.92. The van der Waals surface area contributed by atoms with Gasteiger partial charge in [-0.1, -0.05) is 48.1 Å². The fourth-order valence-corrected chi connectivity index (χ4v) is 1.82. The van der Waals surface area contributed by atoms with E-state index in [0.717, 1.165) is 12.8 Å². The number of ether oxygens (including phenoxy) is 1. The predicted molar refractivity (Wildman–Crippen MR) is 59.9 cm³/mol. The molecule has 5 heteroatoms. The van der Waals surface area contributed by atoms with E-state index in [1.807, 2.05) is 6.92 Å². The molecule has 1 unspecified atom stereocenters. The molecule has 0 aromatic rings. The Morgan fingerprint density at radius 2 is 1.93 bits per heavy atom. The van der Waals surface area contributed by atoms with Crippen molar-refractivity contribution in [2.75, 3.05) is 6.61 Å². The van der Waals surface area contributed by atoms with E-state index >= 15 is 0 Å². The highest BCUT2D eigenvalue weighted by molar-refractivity contribution is 6.67. The Bertz CT molecular complexity index is 177. The fourth-order valence-electron chi connectivity index (χ4n) is 1.17. The molecule has 0 heterocycles. The molecule has 0 aliphatic rings. The highest BCUT2D eigenvalue weighted by atomic mass is 35.6. The largest absolute Gasteiger partial charge is 0.466 e. The summed E-state index contributed by atoms with van der Waals surface area (Å²) in [6.45, 7) is 3.70. The Hall–Kier alpha value is 0.340. The quantitative estimate of drug-likeness (QED) is 0.557. The Morgan fingerprint density at radius 1 is 1.36 bits per heavy atom. The summed E-state index contributed by atoms with van der Waals surface area (Å²) in [6, 6.07) is 0. The molecule has 0 fully saturated rings. The number of carbonyl (C=O) groups excluding carboxylic acids is 1. The molecule has 0 saturated heterocycles. The van der Waals surface area contributed by atoms with E-state index in [-0.39, 0.29) is 11.9 Å². The van der Waals surface area contributed by atoms with Crippen LogP contribution in [0, 0.1) is 5.92 Å². The van der Waals surface area contributed by atoms with E-state index in [0.29, 0.717) is 13.0 Å². The van der Waals surface area contributed by atoms with E-state index < -0.39 is 3.79 Å². The minimum atomic E-state index is -1.27. The fraction of sp³-hybridized carbons (Fsp3) is 0.889. The number of hydrogen-bond donors (Lipinski definition) is 0. The van der Waals surface area contributed by atoms with Gasteiger partial charge in [0.25, 0.3) is 0 Å². The van der Waals surface area contributed by atoms with Crippen LogP contribution >= 0.6 is 34.8 Å². The van der Waals surface area contributed by atoms with Crippen molar-refractivity contribution in [2.24, 2.45) is 5.92 Å². The first-order valence-electron chi connectivity index (χ1n) is 4.58. The zero-order chi connectivity index (χ0) is 11.2. The average molecular weight is 262 g/mol. The van der Waals surface area contributed by atoms with Crippen molar-refractivity contribution in [2.45, 2.75) is 36.9 Å². The van der Waals surface area contributed by atoms with E-state index in [2.05, 4.69) is 0 Å². The molecule has 0 radical (unpaired) electrons. The second-order valence-corrected chi connectivity index (χ2v) is 5.52. The summed E-state index contributed by atoms with van der Waals surface area (Å²) in [7, 11) is 0. The van der Waals surface area contributed by atoms with Gasteiger partial charge in [-0.05, 0) is 12.8 Å². The number of alkyl halides is 3. The third-order valence-corrected chi connectivity index (χ3v) is 2.80. The van der Waals surface area contributed by atoms with Crippen molar-refractivity contribution in [1.82, 2.24) is 0 Å². The molecule has 0 aliphatic heterocycles. The maximum absolute atomic E-state index is 10.5. The van der Waals surface area contributed by atoms with Gasteiger partial charge in [-0.2, -0.15) is 0 Å². The summed E-state index contributed by atoms with van der Waals surface area (Å²) in [5.74, 6) is -0.360. The number of rotatable bonds is 5. The van der Waals surface area contributed by atoms with Gasteiger partial charge in [0.1, 0.15) is 0 Å². The molecule has 0 aromatic heterocycles. The third kappa shape index (κ3) is 6.74. The molecule has 0 rings (SSSR count). The molecule has 2 nitrogen and oxygen atoms in total. The molecule has 0 amide bonds. The third-order valence-electron chi connectivity index (χ3n) is 1.87. The van der Waals surface area contributed by atoms with Crippen LogP contribution in [0.4, 0.5) is 0 Å². The zero-order valence-electron chi connectivity index (χ0n) is 8.36. The predicted octanol–water partition coefficient (Wildman–Crippen LogP) is 3.73. The lowest BCUT2D eigenvalue weighted by molar-refractivity contribution is -0.141. The maximum atomic E-state index is 10.5. The minimum Gasteiger partial charge on any atom is -0.466 e. The lowest BCUT2D eigenvalue weighted by Crippen LogP contribution is -2.21. The standard InChI is InChI=1S/C9H15Cl3O2/c1-3-4-8(9(10,11)12)5-6-14-7(2)13/h8H,3-6H2,1-2H3. The second kappa shape index (κ2) is 6.76. The van der Waals surface area contributed by atoms with Crippen molar-refractivity contribution in [1.29, 1.82) is 0 Å². The minimum absolute atomic E-state index is 0.0585. The lowest BCUT2D eigenvalue weighted by atomic mass is 10.0. The maximum Gasteiger partial charge on any atom is 0.302 e. The van der Waals surface area contributed by atoms with Gasteiger partial charge >= 0.3 is 5.97 Å². The number of esters is 1. The molecule has 0 aromatic carbocycles. The van der Waals surface area contributed by atoms with E-state index in [1.165, 1.54) is 6.92 Å². The molecule has 0 bridgehead atoms. The van der Waals surface area contributed by atoms with Crippen LogP contribution in [-0.2, 0) is 9.53 Å². The van der Waals surface area contributed by atoms with Crippen LogP contribution in [0.25, 0.3) is 0 Å². The van der Waals surface area contributed by atoms with Gasteiger partial charge in [0.2, 0.25) is 0 Å². The molecule has 84 valence electrons. The van der Waals surface area contributed by atoms with Crippen LogP contribution in [-0.4, -0.2) is 16.4 Å². The summed E-state index contributed by atoms with van der Waals surface area (Å²) in [5, 5.41) is 0. The Labute approximate surface area is 99.8 Å². The first-order chi connectivity index (χ1) is 6.38. The average Bonchev–Trinajstić information content (AvgIpc) is 2.00. The number of halogens is 3. The Morgan fingerprint density at radius 3 is 2.29 bits per heavy atom. The number of carbonyl (C=O) groups is 1. The molecule has 14 heavy (non-hydrogen) atoms. The molecule has 0 saturated carbocycles. The van der Waals surface area contributed by atoms with Crippen LogP contribution in [0.15, 0.2) is 0 Å². The number of hydrogen-bond acceptors (Lipinski definition) is 2. The van der Waals surface area contributed by atoms with Gasteiger partial charge in [0, 0.05) is 12.8 Å². The summed E-state index contributed by atoms with van der Waals surface area (Å²) < 4.78 is 3.53. The lowest BCUT2D eigenvalue weighted by Gasteiger charge is -2.23. The van der Waals surface area contributed by atoms with Crippen molar-refractivity contribution >= 4 is 40.8 Å². The first-order valence-corrected chi connectivity index (χ1v) is 5.71. The van der Waals surface area contributed by atoms with Gasteiger partial charge in [-0.15, -0.1) is 0 Å². The van der Waals surface area contributed by atoms with Crippen LogP contribution in [0.5, 0.6) is 0 Å². The van der Waals surface area contributed by atoms with Gasteiger partial charge in [-0.3, -0.25) is 4.79 Å². The summed E-state index contributed by atoms with van der Waals surface area (Å²) in [4.78, 5) is 10.5. The topological polar surface area (TPSA) is 26.3 Å². The molecule has 0 spiro atoms. The van der Waals surface area contributed by atoms with Gasteiger partial charge < -0.3 is 4.74 Å². The van der Waals surface area contributed by atoms with Crippen LogP contribution in [0.2, 0.25) is 0 Å². The van der Waals surface area contributed by atoms with Crippen LogP contribution in [0.1, 0.15) is 33.1 Å². The summed E-state index contributed by atoms with van der Waals surface area (Å²) in [5.41, 5.74) is 0. The highest BCUT2D eigenvalue weighted by Crippen LogP contribution is 2.39. The van der Waals surface area contributed by atoms with Crippen molar-refractivity contribution in [3.05, 3.63) is 0 Å². The molecular weight excluding hydrogens is 246 g/mol. The monoisotopic (exact) mass is 260 g/mol. The van der Waals surface area contributed by atoms with Crippen molar-refractivity contribution < 1.29 is 9.53 Å².